The van der Waals surface area contributed by atoms with Gasteiger partial charge in [0.1, 0.15) is 5.75 Å². The number of hydrogen-bond donors (Lipinski definition) is 1. The Hall–Kier alpha value is -3.07. The van der Waals surface area contributed by atoms with Gasteiger partial charge in [-0.25, -0.2) is 0 Å². The molecule has 0 unspecified atom stereocenters. The maximum Gasteiger partial charge on any atom is 0.416 e. The minimum Gasteiger partial charge on any atom is -0.484 e. The zero-order valence-electron chi connectivity index (χ0n) is 14.2. The van der Waals surface area contributed by atoms with Crippen LogP contribution in [0.3, 0.4) is 0 Å². The summed E-state index contributed by atoms with van der Waals surface area (Å²) in [5.41, 5.74) is -0.377. The summed E-state index contributed by atoms with van der Waals surface area (Å²) in [5, 5.41) is 6.65. The second-order valence-electron chi connectivity index (χ2n) is 5.62. The van der Waals surface area contributed by atoms with E-state index in [1.165, 1.54) is 12.1 Å². The number of amides is 1. The Morgan fingerprint density at radius 3 is 2.71 bits per heavy atom. The van der Waals surface area contributed by atoms with Crippen LogP contribution in [-0.2, 0) is 24.0 Å². The zero-order chi connectivity index (χ0) is 20.1. The number of aromatic nitrogens is 2. The van der Waals surface area contributed by atoms with Gasteiger partial charge >= 0.3 is 6.18 Å². The molecule has 0 fully saturated rings. The number of nitrogens with zero attached hydrogens (tertiary/aromatic N) is 2. The maximum atomic E-state index is 12.7. The van der Waals surface area contributed by atoms with E-state index in [0.717, 1.165) is 12.1 Å². The van der Waals surface area contributed by atoms with Gasteiger partial charge in [0, 0.05) is 0 Å². The molecule has 1 N–H and O–H groups in total. The molecule has 1 aromatic heterocycles. The number of rotatable bonds is 6. The molecule has 0 atom stereocenters. The summed E-state index contributed by atoms with van der Waals surface area (Å²) >= 11 is 5.96. The third kappa shape index (κ3) is 5.23. The van der Waals surface area contributed by atoms with Gasteiger partial charge in [-0.2, -0.15) is 18.2 Å². The Labute approximate surface area is 162 Å². The smallest absolute Gasteiger partial charge is 0.416 e. The topological polar surface area (TPSA) is 77.2 Å². The van der Waals surface area contributed by atoms with Gasteiger partial charge in [-0.15, -0.1) is 0 Å². The van der Waals surface area contributed by atoms with Crippen molar-refractivity contribution in [1.82, 2.24) is 10.1 Å². The van der Waals surface area contributed by atoms with Crippen molar-refractivity contribution in [3.05, 3.63) is 70.8 Å². The Morgan fingerprint density at radius 1 is 1.18 bits per heavy atom. The third-order valence-corrected chi connectivity index (χ3v) is 3.83. The van der Waals surface area contributed by atoms with Gasteiger partial charge in [-0.3, -0.25) is 4.79 Å². The van der Waals surface area contributed by atoms with E-state index in [0.29, 0.717) is 10.7 Å². The lowest BCUT2D eigenvalue weighted by molar-refractivity contribution is -0.137. The van der Waals surface area contributed by atoms with E-state index < -0.39 is 17.6 Å². The maximum absolute atomic E-state index is 12.7. The van der Waals surface area contributed by atoms with E-state index in [9.17, 15) is 18.0 Å². The highest BCUT2D eigenvalue weighted by Crippen LogP contribution is 2.31. The lowest BCUT2D eigenvalue weighted by Gasteiger charge is -2.08. The fourth-order valence-electron chi connectivity index (χ4n) is 2.23. The summed E-state index contributed by atoms with van der Waals surface area (Å²) in [4.78, 5) is 16.0. The molecule has 28 heavy (non-hydrogen) atoms. The van der Waals surface area contributed by atoms with Crippen molar-refractivity contribution in [3.8, 4) is 5.75 Å². The second-order valence-corrected chi connectivity index (χ2v) is 6.03. The summed E-state index contributed by atoms with van der Waals surface area (Å²) in [6.45, 7) is -0.236. The van der Waals surface area contributed by atoms with E-state index in [4.69, 9.17) is 20.9 Å². The highest BCUT2D eigenvalue weighted by molar-refractivity contribution is 6.33. The number of carbonyl (C=O) groups is 1. The molecular weight excluding hydrogens is 399 g/mol. The molecule has 146 valence electrons. The average Bonchev–Trinajstić information content (AvgIpc) is 3.09. The minimum absolute atomic E-state index is 0.00559. The first kappa shape index (κ1) is 19.7. The normalized spacial score (nSPS) is 11.3. The van der Waals surface area contributed by atoms with Crippen molar-refractivity contribution in [2.75, 3.05) is 5.32 Å². The fraction of sp³-hybridized carbons (Fsp3) is 0.167. The molecule has 0 saturated carbocycles. The van der Waals surface area contributed by atoms with Crippen molar-refractivity contribution < 1.29 is 27.2 Å². The first-order valence-electron chi connectivity index (χ1n) is 7.97. The summed E-state index contributed by atoms with van der Waals surface area (Å²) in [5.74, 6) is -0.268. The van der Waals surface area contributed by atoms with Crippen LogP contribution in [0.25, 0.3) is 0 Å². The lowest BCUT2D eigenvalue weighted by atomic mass is 10.2. The first-order chi connectivity index (χ1) is 13.3. The standard InChI is InChI=1S/C18H13ClF3N3O3/c19-13-6-1-2-7-14(13)23-16(26)9-15-24-17(28-25-15)10-27-12-5-3-4-11(8-12)18(20,21)22/h1-8H,9-10H2,(H,23,26). The number of ether oxygens (including phenoxy) is 1. The number of carbonyl (C=O) groups excluding carboxylic acids is 1. The van der Waals surface area contributed by atoms with Crippen LogP contribution >= 0.6 is 11.6 Å². The van der Waals surface area contributed by atoms with E-state index in [1.807, 2.05) is 0 Å². The Morgan fingerprint density at radius 2 is 1.96 bits per heavy atom. The Bertz CT molecular complexity index is 976. The van der Waals surface area contributed by atoms with Crippen LogP contribution in [0.5, 0.6) is 5.75 Å². The minimum atomic E-state index is -4.47. The fourth-order valence-corrected chi connectivity index (χ4v) is 2.41. The highest BCUT2D eigenvalue weighted by atomic mass is 35.5. The van der Waals surface area contributed by atoms with E-state index in [-0.39, 0.29) is 30.5 Å². The number of halogens is 4. The summed E-state index contributed by atoms with van der Waals surface area (Å²) in [7, 11) is 0. The molecule has 0 radical (unpaired) electrons. The molecule has 0 aliphatic heterocycles. The zero-order valence-corrected chi connectivity index (χ0v) is 14.9. The van der Waals surface area contributed by atoms with E-state index in [1.54, 1.807) is 24.3 Å². The monoisotopic (exact) mass is 411 g/mol. The molecule has 0 bridgehead atoms. The molecule has 1 amide bonds. The molecule has 0 spiro atoms. The molecule has 1 heterocycles. The lowest BCUT2D eigenvalue weighted by Crippen LogP contribution is -2.15. The number of nitrogens with one attached hydrogen (secondary N) is 1. The average molecular weight is 412 g/mol. The number of alkyl halides is 3. The van der Waals surface area contributed by atoms with Crippen molar-refractivity contribution in [1.29, 1.82) is 0 Å². The molecular formula is C18H13ClF3N3O3. The second kappa shape index (κ2) is 8.30. The number of para-hydroxylation sites is 1. The molecule has 2 aromatic carbocycles. The van der Waals surface area contributed by atoms with E-state index in [2.05, 4.69) is 15.5 Å². The van der Waals surface area contributed by atoms with Crippen molar-refractivity contribution in [2.45, 2.75) is 19.2 Å². The van der Waals surface area contributed by atoms with Crippen LogP contribution in [0.15, 0.2) is 53.1 Å². The van der Waals surface area contributed by atoms with Crippen LogP contribution < -0.4 is 10.1 Å². The van der Waals surface area contributed by atoms with Crippen LogP contribution in [0, 0.1) is 0 Å². The van der Waals surface area contributed by atoms with Crippen LogP contribution in [-0.4, -0.2) is 16.0 Å². The van der Waals surface area contributed by atoms with Crippen molar-refractivity contribution >= 4 is 23.2 Å². The number of benzene rings is 2. The van der Waals surface area contributed by atoms with Gasteiger partial charge in [0.2, 0.25) is 5.91 Å². The highest BCUT2D eigenvalue weighted by Gasteiger charge is 2.30. The summed E-state index contributed by atoms with van der Waals surface area (Å²) < 4.78 is 48.3. The SMILES string of the molecule is O=C(Cc1noc(COc2cccc(C(F)(F)F)c2)n1)Nc1ccccc1Cl. The molecule has 3 aromatic rings. The molecule has 10 heteroatoms. The first-order valence-corrected chi connectivity index (χ1v) is 8.35. The molecule has 6 nitrogen and oxygen atoms in total. The molecule has 0 saturated heterocycles. The third-order valence-electron chi connectivity index (χ3n) is 3.50. The number of hydrogen-bond acceptors (Lipinski definition) is 5. The van der Waals surface area contributed by atoms with E-state index >= 15 is 0 Å². The number of anilines is 1. The van der Waals surface area contributed by atoms with Gasteiger partial charge in [0.15, 0.2) is 12.4 Å². The molecule has 0 aliphatic carbocycles. The van der Waals surface area contributed by atoms with Crippen LogP contribution in [0.4, 0.5) is 18.9 Å². The molecule has 0 aliphatic rings. The molecule has 3 rings (SSSR count). The van der Waals surface area contributed by atoms with Crippen molar-refractivity contribution in [2.24, 2.45) is 0 Å². The quantitative estimate of drug-likeness (QED) is 0.646. The van der Waals surface area contributed by atoms with Crippen LogP contribution in [0.1, 0.15) is 17.3 Å². The van der Waals surface area contributed by atoms with Gasteiger partial charge < -0.3 is 14.6 Å². The van der Waals surface area contributed by atoms with Gasteiger partial charge in [-0.1, -0.05) is 35.0 Å². The summed E-state index contributed by atoms with van der Waals surface area (Å²) in [6, 6.07) is 11.1. The van der Waals surface area contributed by atoms with Crippen LogP contribution in [0.2, 0.25) is 5.02 Å². The predicted molar refractivity (Wildman–Crippen MR) is 93.9 cm³/mol. The van der Waals surface area contributed by atoms with Crippen molar-refractivity contribution in [3.63, 3.8) is 0 Å². The largest absolute Gasteiger partial charge is 0.484 e. The Balaban J connectivity index is 1.56. The predicted octanol–water partition coefficient (Wildman–Crippen LogP) is 4.50. The van der Waals surface area contributed by atoms with Gasteiger partial charge in [0.05, 0.1) is 22.7 Å². The van der Waals surface area contributed by atoms with Gasteiger partial charge in [-0.05, 0) is 30.3 Å². The Kier molecular flexibility index (Phi) is 5.84. The summed E-state index contributed by atoms with van der Waals surface area (Å²) in [6.07, 6.45) is -4.63. The van der Waals surface area contributed by atoms with Gasteiger partial charge in [0.25, 0.3) is 5.89 Å².